The quantitative estimate of drug-likeness (QED) is 0.353. The number of nitrogens with zero attached hydrogens (tertiary/aromatic N) is 6. The number of carbonyl (C=O) groups excluding carboxylic acids is 1. The number of aromatic nitrogens is 4. The molecule has 4 aromatic rings. The van der Waals surface area contributed by atoms with Gasteiger partial charge in [0.25, 0.3) is 5.91 Å². The number of rotatable bonds is 6. The highest BCUT2D eigenvalue weighted by molar-refractivity contribution is 5.91. The van der Waals surface area contributed by atoms with E-state index in [9.17, 15) is 14.7 Å². The maximum absolute atomic E-state index is 13.3. The van der Waals surface area contributed by atoms with Crippen LogP contribution in [0.5, 0.6) is 0 Å². The van der Waals surface area contributed by atoms with Crippen molar-refractivity contribution in [3.05, 3.63) is 83.4 Å². The van der Waals surface area contributed by atoms with E-state index in [2.05, 4.69) is 68.6 Å². The molecule has 2 atom stereocenters. The van der Waals surface area contributed by atoms with Crippen molar-refractivity contribution in [1.29, 1.82) is 0 Å². The van der Waals surface area contributed by atoms with E-state index < -0.39 is 5.97 Å². The van der Waals surface area contributed by atoms with Crippen molar-refractivity contribution in [2.45, 2.75) is 38.1 Å². The summed E-state index contributed by atoms with van der Waals surface area (Å²) in [6.45, 7) is 8.55. The third kappa shape index (κ3) is 5.07. The lowest BCUT2D eigenvalue weighted by Crippen LogP contribution is -2.64. The zero-order valence-electron chi connectivity index (χ0n) is 24.4. The van der Waals surface area contributed by atoms with Crippen molar-refractivity contribution in [2.75, 3.05) is 49.2 Å². The van der Waals surface area contributed by atoms with E-state index in [0.29, 0.717) is 37.8 Å². The number of anilines is 2. The topological polar surface area (TPSA) is 125 Å². The highest BCUT2D eigenvalue weighted by Gasteiger charge is 2.48. The molecule has 1 unspecified atom stereocenters. The van der Waals surface area contributed by atoms with E-state index in [-0.39, 0.29) is 34.3 Å². The molecule has 1 aromatic carbocycles. The molecule has 11 nitrogen and oxygen atoms in total. The summed E-state index contributed by atoms with van der Waals surface area (Å²) in [5.41, 5.74) is 4.03. The minimum absolute atomic E-state index is 0.0249. The predicted molar refractivity (Wildman–Crippen MR) is 161 cm³/mol. The second-order valence-electron chi connectivity index (χ2n) is 12.6. The number of pyridine rings is 2. The third-order valence-electron chi connectivity index (χ3n) is 9.19. The van der Waals surface area contributed by atoms with Crippen LogP contribution in [0.2, 0.25) is 0 Å². The van der Waals surface area contributed by atoms with Crippen molar-refractivity contribution in [3.8, 4) is 0 Å². The van der Waals surface area contributed by atoms with E-state index in [4.69, 9.17) is 4.74 Å². The molecule has 0 radical (unpaired) electrons. The molecule has 2 N–H and O–H groups in total. The van der Waals surface area contributed by atoms with Gasteiger partial charge in [-0.1, -0.05) is 43.3 Å². The molecule has 43 heavy (non-hydrogen) atoms. The SMILES string of the molecule is Cc1cc(N2CC[C@](C)(c3ccccc3)C2)cn2nc(C(=O)NC3COCC4(C3)CN(c3cccc(C(=O)O)n3)C4)nc12. The van der Waals surface area contributed by atoms with Crippen molar-refractivity contribution >= 4 is 29.0 Å². The Balaban J connectivity index is 1.01. The first-order chi connectivity index (χ1) is 20.7. The number of aryl methyl sites for hydroxylation is 1. The fourth-order valence-electron chi connectivity index (χ4n) is 6.92. The van der Waals surface area contributed by atoms with Gasteiger partial charge in [0.2, 0.25) is 5.82 Å². The average Bonchev–Trinajstić information content (AvgIpc) is 3.62. The van der Waals surface area contributed by atoms with Crippen LogP contribution < -0.4 is 15.1 Å². The number of nitrogens with one attached hydrogen (secondary N) is 1. The summed E-state index contributed by atoms with van der Waals surface area (Å²) in [4.78, 5) is 37.9. The Labute approximate surface area is 249 Å². The largest absolute Gasteiger partial charge is 0.477 e. The Morgan fingerprint density at radius 2 is 1.86 bits per heavy atom. The molecular formula is C32H35N7O4. The molecule has 6 heterocycles. The summed E-state index contributed by atoms with van der Waals surface area (Å²) < 4.78 is 7.64. The van der Waals surface area contributed by atoms with Crippen molar-refractivity contribution in [1.82, 2.24) is 24.9 Å². The number of hydrogen-bond acceptors (Lipinski definition) is 8. The molecular weight excluding hydrogens is 546 g/mol. The van der Waals surface area contributed by atoms with Crippen LogP contribution in [0.3, 0.4) is 0 Å². The number of hydrogen-bond donors (Lipinski definition) is 2. The van der Waals surface area contributed by atoms with Crippen LogP contribution in [0.4, 0.5) is 11.5 Å². The van der Waals surface area contributed by atoms with E-state index in [1.54, 1.807) is 10.6 Å². The Morgan fingerprint density at radius 3 is 2.65 bits per heavy atom. The van der Waals surface area contributed by atoms with Gasteiger partial charge in [-0.15, -0.1) is 5.10 Å². The van der Waals surface area contributed by atoms with E-state index in [1.807, 2.05) is 24.1 Å². The first kappa shape index (κ1) is 27.3. The predicted octanol–water partition coefficient (Wildman–Crippen LogP) is 3.32. The van der Waals surface area contributed by atoms with E-state index in [0.717, 1.165) is 37.2 Å². The van der Waals surface area contributed by atoms with E-state index >= 15 is 0 Å². The summed E-state index contributed by atoms with van der Waals surface area (Å²) in [7, 11) is 0. The van der Waals surface area contributed by atoms with Crippen LogP contribution >= 0.6 is 0 Å². The van der Waals surface area contributed by atoms with Gasteiger partial charge in [-0.2, -0.15) is 0 Å². The fraction of sp³-hybridized carbons (Fsp3) is 0.406. The number of amides is 1. The van der Waals surface area contributed by atoms with Gasteiger partial charge in [-0.05, 0) is 49.1 Å². The average molecular weight is 582 g/mol. The van der Waals surface area contributed by atoms with Crippen molar-refractivity contribution in [3.63, 3.8) is 0 Å². The smallest absolute Gasteiger partial charge is 0.354 e. The van der Waals surface area contributed by atoms with Gasteiger partial charge in [0.1, 0.15) is 5.82 Å². The lowest BCUT2D eigenvalue weighted by atomic mass is 9.74. The van der Waals surface area contributed by atoms with Crippen LogP contribution in [0, 0.1) is 12.3 Å². The molecule has 11 heteroatoms. The van der Waals surface area contributed by atoms with Crippen LogP contribution in [0.25, 0.3) is 5.65 Å². The summed E-state index contributed by atoms with van der Waals surface area (Å²) in [6.07, 6.45) is 3.78. The molecule has 1 amide bonds. The second kappa shape index (κ2) is 10.3. The number of carboxylic acids is 1. The van der Waals surface area contributed by atoms with Crippen LogP contribution in [-0.2, 0) is 10.2 Å². The minimum atomic E-state index is -1.05. The molecule has 3 aromatic heterocycles. The third-order valence-corrected chi connectivity index (χ3v) is 9.19. The van der Waals surface area contributed by atoms with Gasteiger partial charge >= 0.3 is 5.97 Å². The molecule has 3 saturated heterocycles. The van der Waals surface area contributed by atoms with Crippen molar-refractivity contribution < 1.29 is 19.4 Å². The zero-order chi connectivity index (χ0) is 29.8. The Morgan fingerprint density at radius 1 is 1.05 bits per heavy atom. The first-order valence-corrected chi connectivity index (χ1v) is 14.7. The monoisotopic (exact) mass is 581 g/mol. The van der Waals surface area contributed by atoms with Crippen LogP contribution in [0.1, 0.15) is 52.0 Å². The summed E-state index contributed by atoms with van der Waals surface area (Å²) in [6, 6.07) is 17.6. The summed E-state index contributed by atoms with van der Waals surface area (Å²) in [5, 5.41) is 16.9. The zero-order valence-corrected chi connectivity index (χ0v) is 24.4. The molecule has 3 aliphatic heterocycles. The number of fused-ring (bicyclic) bond motifs is 1. The molecule has 1 spiro atoms. The number of aromatic carboxylic acids is 1. The van der Waals surface area contributed by atoms with Gasteiger partial charge in [0, 0.05) is 37.0 Å². The fourth-order valence-corrected chi connectivity index (χ4v) is 6.92. The maximum Gasteiger partial charge on any atom is 0.354 e. The Bertz CT molecular complexity index is 1700. The first-order valence-electron chi connectivity index (χ1n) is 14.7. The van der Waals surface area contributed by atoms with Crippen molar-refractivity contribution in [2.24, 2.45) is 5.41 Å². The van der Waals surface area contributed by atoms with Crippen LogP contribution in [-0.4, -0.2) is 82.0 Å². The van der Waals surface area contributed by atoms with Gasteiger partial charge in [0.05, 0.1) is 31.1 Å². The second-order valence-corrected chi connectivity index (χ2v) is 12.6. The molecule has 222 valence electrons. The maximum atomic E-state index is 13.3. The summed E-state index contributed by atoms with van der Waals surface area (Å²) >= 11 is 0. The lowest BCUT2D eigenvalue weighted by molar-refractivity contribution is -0.0408. The normalized spacial score (nSPS) is 23.0. The van der Waals surface area contributed by atoms with Gasteiger partial charge < -0.3 is 25.0 Å². The molecule has 3 fully saturated rings. The number of benzene rings is 1. The van der Waals surface area contributed by atoms with Crippen LogP contribution in [0.15, 0.2) is 60.8 Å². The highest BCUT2D eigenvalue weighted by atomic mass is 16.5. The van der Waals surface area contributed by atoms with Gasteiger partial charge in [-0.3, -0.25) is 4.79 Å². The van der Waals surface area contributed by atoms with Gasteiger partial charge in [0.15, 0.2) is 11.3 Å². The Kier molecular flexibility index (Phi) is 6.57. The van der Waals surface area contributed by atoms with E-state index in [1.165, 1.54) is 11.6 Å². The highest BCUT2D eigenvalue weighted by Crippen LogP contribution is 2.40. The number of carbonyl (C=O) groups is 2. The summed E-state index contributed by atoms with van der Waals surface area (Å²) in [5.74, 6) is -0.589. The molecule has 7 rings (SSSR count). The number of carboxylic acid groups (broad SMARTS) is 1. The molecule has 3 aliphatic rings. The molecule has 0 saturated carbocycles. The Hall–Kier alpha value is -4.51. The van der Waals surface area contributed by atoms with Gasteiger partial charge in [-0.25, -0.2) is 19.3 Å². The molecule has 0 bridgehead atoms. The standard InChI is InChI=1S/C32H35N7O4/c1-21-13-24(37-12-11-31(2,17-37)22-7-4-3-5-8-22)15-39-28(21)35-27(36-39)29(40)33-23-14-32(20-43-16-23)18-38(19-32)26-10-6-9-25(34-26)30(41)42/h3-10,13,15,23H,11-12,14,16-20H2,1-2H3,(H,33,40)(H,41,42)/t23?,31-/m0/s1. The number of ether oxygens (including phenoxy) is 1. The molecule has 0 aliphatic carbocycles. The minimum Gasteiger partial charge on any atom is -0.477 e. The lowest BCUT2D eigenvalue weighted by Gasteiger charge is -2.54.